The molecule has 2 aromatic heterocycles. The minimum absolute atomic E-state index is 0.967. The summed E-state index contributed by atoms with van der Waals surface area (Å²) < 4.78 is 2.23. The third-order valence-electron chi connectivity index (χ3n) is 2.59. The van der Waals surface area contributed by atoms with E-state index in [4.69, 9.17) is 0 Å². The van der Waals surface area contributed by atoms with E-state index in [1.165, 1.54) is 12.2 Å². The van der Waals surface area contributed by atoms with Gasteiger partial charge in [0, 0.05) is 25.4 Å². The van der Waals surface area contributed by atoms with E-state index in [1.807, 2.05) is 18.2 Å². The van der Waals surface area contributed by atoms with E-state index >= 15 is 0 Å². The molecule has 2 aromatic rings. The van der Waals surface area contributed by atoms with Crippen LogP contribution in [-0.2, 0) is 13.0 Å². The van der Waals surface area contributed by atoms with Gasteiger partial charge in [-0.05, 0) is 18.6 Å². The molecule has 0 spiro atoms. The van der Waals surface area contributed by atoms with E-state index in [1.54, 1.807) is 6.20 Å². The lowest BCUT2D eigenvalue weighted by Gasteiger charge is -1.93. The molecule has 0 aliphatic carbocycles. The van der Waals surface area contributed by atoms with Crippen molar-refractivity contribution in [3.05, 3.63) is 36.4 Å². The second-order valence-electron chi connectivity index (χ2n) is 3.55. The molecule has 0 aromatic carbocycles. The summed E-state index contributed by atoms with van der Waals surface area (Å²) in [6.07, 6.45) is 6.24. The van der Waals surface area contributed by atoms with Gasteiger partial charge >= 0.3 is 0 Å². The fraction of sp³-hybridized carbons (Fsp3) is 0.273. The molecule has 1 aliphatic heterocycles. The zero-order valence-electron chi connectivity index (χ0n) is 7.85. The van der Waals surface area contributed by atoms with Crippen molar-refractivity contribution >= 4 is 0 Å². The maximum atomic E-state index is 4.56. The van der Waals surface area contributed by atoms with Crippen molar-refractivity contribution in [2.24, 2.45) is 0 Å². The van der Waals surface area contributed by atoms with Crippen LogP contribution in [0.1, 0.15) is 12.2 Å². The first-order chi connectivity index (χ1) is 6.93. The Kier molecular flexibility index (Phi) is 1.63. The molecular formula is C11H11N3. The normalized spacial score (nSPS) is 14.3. The fourth-order valence-corrected chi connectivity index (χ4v) is 1.89. The molecule has 0 bridgehead atoms. The summed E-state index contributed by atoms with van der Waals surface area (Å²) in [5.41, 5.74) is 1.97. The molecule has 0 amide bonds. The van der Waals surface area contributed by atoms with Crippen molar-refractivity contribution in [1.82, 2.24) is 14.5 Å². The van der Waals surface area contributed by atoms with E-state index in [0.717, 1.165) is 24.4 Å². The number of hydrogen-bond acceptors (Lipinski definition) is 2. The Morgan fingerprint density at radius 1 is 1.21 bits per heavy atom. The zero-order valence-corrected chi connectivity index (χ0v) is 7.85. The van der Waals surface area contributed by atoms with Crippen LogP contribution in [0.15, 0.2) is 30.6 Å². The second kappa shape index (κ2) is 2.94. The summed E-state index contributed by atoms with van der Waals surface area (Å²) >= 11 is 0. The highest BCUT2D eigenvalue weighted by Crippen LogP contribution is 2.20. The van der Waals surface area contributed by atoms with Crippen LogP contribution in [0, 0.1) is 0 Å². The molecule has 0 N–H and O–H groups in total. The van der Waals surface area contributed by atoms with Crippen LogP contribution in [0.25, 0.3) is 11.4 Å². The molecule has 3 heteroatoms. The Hall–Kier alpha value is -1.64. The van der Waals surface area contributed by atoms with Crippen molar-refractivity contribution in [2.75, 3.05) is 0 Å². The van der Waals surface area contributed by atoms with Gasteiger partial charge in [0.2, 0.25) is 0 Å². The lowest BCUT2D eigenvalue weighted by Crippen LogP contribution is -1.87. The number of nitrogens with zero attached hydrogens (tertiary/aromatic N) is 3. The lowest BCUT2D eigenvalue weighted by atomic mass is 10.3. The van der Waals surface area contributed by atoms with Crippen LogP contribution in [0.5, 0.6) is 0 Å². The van der Waals surface area contributed by atoms with Gasteiger partial charge in [-0.25, -0.2) is 4.98 Å². The molecule has 0 atom stereocenters. The number of aryl methyl sites for hydroxylation is 2. The number of rotatable bonds is 1. The van der Waals surface area contributed by atoms with Crippen molar-refractivity contribution in [3.8, 4) is 11.4 Å². The summed E-state index contributed by atoms with van der Waals surface area (Å²) in [5, 5.41) is 0. The number of hydrogen-bond donors (Lipinski definition) is 0. The largest absolute Gasteiger partial charge is 0.334 e. The topological polar surface area (TPSA) is 30.7 Å². The summed E-state index contributed by atoms with van der Waals surface area (Å²) in [7, 11) is 0. The van der Waals surface area contributed by atoms with Gasteiger partial charge in [-0.1, -0.05) is 6.07 Å². The van der Waals surface area contributed by atoms with Crippen LogP contribution in [0.4, 0.5) is 0 Å². The number of aromatic nitrogens is 3. The van der Waals surface area contributed by atoms with Crippen molar-refractivity contribution < 1.29 is 0 Å². The Morgan fingerprint density at radius 3 is 3.00 bits per heavy atom. The van der Waals surface area contributed by atoms with Crippen LogP contribution in [-0.4, -0.2) is 14.5 Å². The average molecular weight is 185 g/mol. The van der Waals surface area contributed by atoms with E-state index in [9.17, 15) is 0 Å². The smallest absolute Gasteiger partial charge is 0.109 e. The van der Waals surface area contributed by atoms with Gasteiger partial charge < -0.3 is 4.57 Å². The predicted molar refractivity (Wildman–Crippen MR) is 53.8 cm³/mol. The highest BCUT2D eigenvalue weighted by Gasteiger charge is 2.14. The standard InChI is InChI=1S/C11H11N3/c1-2-6-12-9(4-1)10-8-14-7-3-5-11(14)13-10/h1-2,4,6,8H,3,5,7H2. The molecule has 0 unspecified atom stereocenters. The zero-order chi connectivity index (χ0) is 9.38. The SMILES string of the molecule is c1ccc(-c2cn3c(n2)CCC3)nc1. The maximum Gasteiger partial charge on any atom is 0.109 e. The van der Waals surface area contributed by atoms with Gasteiger partial charge in [0.15, 0.2) is 0 Å². The Labute approximate surface area is 82.4 Å². The van der Waals surface area contributed by atoms with Gasteiger partial charge in [-0.2, -0.15) is 0 Å². The first-order valence-electron chi connectivity index (χ1n) is 4.91. The third kappa shape index (κ3) is 1.13. The van der Waals surface area contributed by atoms with Crippen molar-refractivity contribution in [2.45, 2.75) is 19.4 Å². The Bertz CT molecular complexity index is 423. The molecule has 0 saturated carbocycles. The van der Waals surface area contributed by atoms with E-state index in [2.05, 4.69) is 20.7 Å². The van der Waals surface area contributed by atoms with Gasteiger partial charge in [0.25, 0.3) is 0 Å². The van der Waals surface area contributed by atoms with Crippen LogP contribution in [0.3, 0.4) is 0 Å². The molecule has 14 heavy (non-hydrogen) atoms. The first kappa shape index (κ1) is 7.74. The van der Waals surface area contributed by atoms with E-state index < -0.39 is 0 Å². The highest BCUT2D eigenvalue weighted by atomic mass is 15.1. The molecule has 0 radical (unpaired) electrons. The number of imidazole rings is 1. The van der Waals surface area contributed by atoms with Crippen molar-refractivity contribution in [3.63, 3.8) is 0 Å². The molecule has 3 nitrogen and oxygen atoms in total. The second-order valence-corrected chi connectivity index (χ2v) is 3.55. The first-order valence-corrected chi connectivity index (χ1v) is 4.91. The van der Waals surface area contributed by atoms with Crippen LogP contribution >= 0.6 is 0 Å². The van der Waals surface area contributed by atoms with Gasteiger partial charge in [-0.15, -0.1) is 0 Å². The molecule has 70 valence electrons. The lowest BCUT2D eigenvalue weighted by molar-refractivity contribution is 0.750. The minimum atomic E-state index is 0.967. The number of fused-ring (bicyclic) bond motifs is 1. The van der Waals surface area contributed by atoms with E-state index in [-0.39, 0.29) is 0 Å². The predicted octanol–water partition coefficient (Wildman–Crippen LogP) is 1.89. The fourth-order valence-electron chi connectivity index (χ4n) is 1.89. The third-order valence-corrected chi connectivity index (χ3v) is 2.59. The maximum absolute atomic E-state index is 4.56. The Morgan fingerprint density at radius 2 is 2.21 bits per heavy atom. The molecule has 0 fully saturated rings. The van der Waals surface area contributed by atoms with E-state index in [0.29, 0.717) is 0 Å². The summed E-state index contributed by atoms with van der Waals surface area (Å²) in [6, 6.07) is 5.91. The highest BCUT2D eigenvalue weighted by molar-refractivity contribution is 5.53. The quantitative estimate of drug-likeness (QED) is 0.679. The monoisotopic (exact) mass is 185 g/mol. The van der Waals surface area contributed by atoms with Crippen LogP contribution in [0.2, 0.25) is 0 Å². The molecule has 1 aliphatic rings. The van der Waals surface area contributed by atoms with Gasteiger partial charge in [0.1, 0.15) is 11.5 Å². The molecule has 3 heterocycles. The average Bonchev–Trinajstić information content (AvgIpc) is 2.78. The van der Waals surface area contributed by atoms with Crippen LogP contribution < -0.4 is 0 Å². The Balaban J connectivity index is 2.06. The number of pyridine rings is 1. The summed E-state index contributed by atoms with van der Waals surface area (Å²) in [4.78, 5) is 8.85. The molecule has 0 saturated heterocycles. The molecular weight excluding hydrogens is 174 g/mol. The van der Waals surface area contributed by atoms with Gasteiger partial charge in [-0.3, -0.25) is 4.98 Å². The summed E-state index contributed by atoms with van der Waals surface area (Å²) in [5.74, 6) is 1.20. The minimum Gasteiger partial charge on any atom is -0.334 e. The van der Waals surface area contributed by atoms with Crippen molar-refractivity contribution in [1.29, 1.82) is 0 Å². The van der Waals surface area contributed by atoms with Gasteiger partial charge in [0.05, 0.1) is 5.69 Å². The summed E-state index contributed by atoms with van der Waals surface area (Å²) in [6.45, 7) is 1.11. The molecule has 3 rings (SSSR count).